The van der Waals surface area contributed by atoms with Gasteiger partial charge in [0.05, 0.1) is 17.5 Å². The minimum absolute atomic E-state index is 0.194. The normalized spacial score (nSPS) is 14.7. The van der Waals surface area contributed by atoms with Gasteiger partial charge in [-0.2, -0.15) is 0 Å². The maximum atomic E-state index is 9.25. The van der Waals surface area contributed by atoms with Gasteiger partial charge in [0, 0.05) is 12.2 Å². The first-order chi connectivity index (χ1) is 6.99. The van der Waals surface area contributed by atoms with Gasteiger partial charge in [-0.25, -0.2) is 4.98 Å². The van der Waals surface area contributed by atoms with Gasteiger partial charge < -0.3 is 10.4 Å². The molecule has 4 nitrogen and oxygen atoms in total. The van der Waals surface area contributed by atoms with Crippen molar-refractivity contribution < 1.29 is 5.11 Å². The Morgan fingerprint density at radius 3 is 2.67 bits per heavy atom. The molecule has 1 rings (SSSR count). The van der Waals surface area contributed by atoms with Crippen LogP contribution in [0, 0.1) is 13.8 Å². The first-order valence-electron chi connectivity index (χ1n) is 5.24. The number of aliphatic hydroxyl groups is 1. The van der Waals surface area contributed by atoms with E-state index in [1.165, 1.54) is 0 Å². The van der Waals surface area contributed by atoms with Crippen molar-refractivity contribution in [3.05, 3.63) is 17.6 Å². The van der Waals surface area contributed by atoms with Crippen LogP contribution in [0.2, 0.25) is 0 Å². The highest BCUT2D eigenvalue weighted by Gasteiger charge is 2.08. The van der Waals surface area contributed by atoms with Crippen LogP contribution in [0.3, 0.4) is 0 Å². The van der Waals surface area contributed by atoms with Crippen molar-refractivity contribution in [2.75, 3.05) is 5.32 Å². The molecule has 15 heavy (non-hydrogen) atoms. The zero-order chi connectivity index (χ0) is 11.4. The third-order valence-electron chi connectivity index (χ3n) is 2.15. The molecule has 0 spiro atoms. The van der Waals surface area contributed by atoms with E-state index in [1.54, 1.807) is 13.1 Å². The third kappa shape index (κ3) is 3.83. The SMILES string of the molecule is Cc1cnc(C)c(NC(C)CC(C)O)n1. The summed E-state index contributed by atoms with van der Waals surface area (Å²) in [7, 11) is 0. The maximum Gasteiger partial charge on any atom is 0.147 e. The van der Waals surface area contributed by atoms with Gasteiger partial charge in [0.25, 0.3) is 0 Å². The summed E-state index contributed by atoms with van der Waals surface area (Å²) in [5.74, 6) is 0.808. The number of aryl methyl sites for hydroxylation is 2. The lowest BCUT2D eigenvalue weighted by molar-refractivity contribution is 0.179. The quantitative estimate of drug-likeness (QED) is 0.792. The Bertz CT molecular complexity index is 326. The van der Waals surface area contributed by atoms with E-state index in [2.05, 4.69) is 15.3 Å². The molecule has 1 aromatic rings. The molecule has 0 saturated carbocycles. The number of hydrogen-bond acceptors (Lipinski definition) is 4. The van der Waals surface area contributed by atoms with Gasteiger partial charge in [0.15, 0.2) is 0 Å². The molecule has 1 heterocycles. The van der Waals surface area contributed by atoms with E-state index in [0.717, 1.165) is 17.2 Å². The largest absolute Gasteiger partial charge is 0.393 e. The molecular formula is C11H19N3O. The van der Waals surface area contributed by atoms with Crippen molar-refractivity contribution in [1.29, 1.82) is 0 Å². The van der Waals surface area contributed by atoms with Crippen LogP contribution in [0.5, 0.6) is 0 Å². The first-order valence-corrected chi connectivity index (χ1v) is 5.24. The van der Waals surface area contributed by atoms with Crippen LogP contribution in [0.15, 0.2) is 6.20 Å². The van der Waals surface area contributed by atoms with E-state index in [1.807, 2.05) is 20.8 Å². The Morgan fingerprint density at radius 1 is 1.40 bits per heavy atom. The van der Waals surface area contributed by atoms with Gasteiger partial charge in [-0.3, -0.25) is 4.98 Å². The Hall–Kier alpha value is -1.16. The van der Waals surface area contributed by atoms with Crippen LogP contribution in [0.1, 0.15) is 31.7 Å². The van der Waals surface area contributed by atoms with Crippen molar-refractivity contribution in [2.24, 2.45) is 0 Å². The number of nitrogens with one attached hydrogen (secondary N) is 1. The molecule has 2 N–H and O–H groups in total. The molecule has 1 aromatic heterocycles. The van der Waals surface area contributed by atoms with Crippen LogP contribution in [-0.2, 0) is 0 Å². The topological polar surface area (TPSA) is 58.0 Å². The van der Waals surface area contributed by atoms with Gasteiger partial charge in [-0.1, -0.05) is 0 Å². The van der Waals surface area contributed by atoms with Crippen LogP contribution >= 0.6 is 0 Å². The van der Waals surface area contributed by atoms with Crippen LogP contribution in [-0.4, -0.2) is 27.2 Å². The second-order valence-corrected chi connectivity index (χ2v) is 4.08. The van der Waals surface area contributed by atoms with Gasteiger partial charge in [0.2, 0.25) is 0 Å². The van der Waals surface area contributed by atoms with Crippen LogP contribution < -0.4 is 5.32 Å². The average molecular weight is 209 g/mol. The van der Waals surface area contributed by atoms with Crippen molar-refractivity contribution >= 4 is 5.82 Å². The van der Waals surface area contributed by atoms with E-state index in [0.29, 0.717) is 6.42 Å². The summed E-state index contributed by atoms with van der Waals surface area (Å²) >= 11 is 0. The Labute approximate surface area is 90.8 Å². The van der Waals surface area contributed by atoms with Crippen molar-refractivity contribution in [3.63, 3.8) is 0 Å². The first kappa shape index (κ1) is 11.9. The molecule has 0 aliphatic carbocycles. The molecule has 0 fully saturated rings. The number of hydrogen-bond donors (Lipinski definition) is 2. The zero-order valence-corrected chi connectivity index (χ0v) is 9.78. The van der Waals surface area contributed by atoms with Gasteiger partial charge >= 0.3 is 0 Å². The Morgan fingerprint density at radius 2 is 2.07 bits per heavy atom. The van der Waals surface area contributed by atoms with E-state index >= 15 is 0 Å². The van der Waals surface area contributed by atoms with Crippen molar-refractivity contribution in [2.45, 2.75) is 46.3 Å². The highest BCUT2D eigenvalue weighted by molar-refractivity contribution is 5.40. The molecule has 0 aromatic carbocycles. The van der Waals surface area contributed by atoms with Crippen LogP contribution in [0.4, 0.5) is 5.82 Å². The summed E-state index contributed by atoms with van der Waals surface area (Å²) in [5.41, 5.74) is 1.78. The summed E-state index contributed by atoms with van der Waals surface area (Å²) in [5, 5.41) is 12.5. The summed E-state index contributed by atoms with van der Waals surface area (Å²) in [4.78, 5) is 8.59. The number of aromatic nitrogens is 2. The molecule has 84 valence electrons. The number of rotatable bonds is 4. The van der Waals surface area contributed by atoms with E-state index < -0.39 is 0 Å². The second kappa shape index (κ2) is 5.07. The molecule has 4 heteroatoms. The fourth-order valence-corrected chi connectivity index (χ4v) is 1.48. The zero-order valence-electron chi connectivity index (χ0n) is 9.78. The number of nitrogens with zero attached hydrogens (tertiary/aromatic N) is 2. The fraction of sp³-hybridized carbons (Fsp3) is 0.636. The van der Waals surface area contributed by atoms with E-state index in [4.69, 9.17) is 0 Å². The minimum Gasteiger partial charge on any atom is -0.393 e. The molecule has 0 saturated heterocycles. The van der Waals surface area contributed by atoms with Crippen molar-refractivity contribution in [3.8, 4) is 0 Å². The molecule has 0 aliphatic rings. The highest BCUT2D eigenvalue weighted by atomic mass is 16.3. The molecular weight excluding hydrogens is 190 g/mol. The monoisotopic (exact) mass is 209 g/mol. The van der Waals surface area contributed by atoms with Crippen molar-refractivity contribution in [1.82, 2.24) is 9.97 Å². The molecule has 0 aliphatic heterocycles. The highest BCUT2D eigenvalue weighted by Crippen LogP contribution is 2.11. The molecule has 0 radical (unpaired) electrons. The standard InChI is InChI=1S/C11H19N3O/c1-7(5-9(3)15)13-11-10(4)12-6-8(2)14-11/h6-7,9,15H,5H2,1-4H3,(H,13,14). The van der Waals surface area contributed by atoms with Gasteiger partial charge in [-0.05, 0) is 34.1 Å². The third-order valence-corrected chi connectivity index (χ3v) is 2.15. The lowest BCUT2D eigenvalue weighted by atomic mass is 10.1. The summed E-state index contributed by atoms with van der Waals surface area (Å²) in [6.45, 7) is 7.64. The fourth-order valence-electron chi connectivity index (χ4n) is 1.48. The predicted molar refractivity (Wildman–Crippen MR) is 60.9 cm³/mol. The Kier molecular flexibility index (Phi) is 4.03. The summed E-state index contributed by atoms with van der Waals surface area (Å²) < 4.78 is 0. The average Bonchev–Trinajstić information content (AvgIpc) is 2.10. The molecule has 0 amide bonds. The smallest absolute Gasteiger partial charge is 0.147 e. The summed E-state index contributed by atoms with van der Waals surface area (Å²) in [6, 6.07) is 0.194. The lowest BCUT2D eigenvalue weighted by Gasteiger charge is -2.17. The summed E-state index contributed by atoms with van der Waals surface area (Å²) in [6.07, 6.45) is 2.15. The number of aliphatic hydroxyl groups excluding tert-OH is 1. The van der Waals surface area contributed by atoms with Gasteiger partial charge in [0.1, 0.15) is 5.82 Å². The minimum atomic E-state index is -0.300. The second-order valence-electron chi connectivity index (χ2n) is 4.08. The van der Waals surface area contributed by atoms with E-state index in [-0.39, 0.29) is 12.1 Å². The predicted octanol–water partition coefficient (Wildman–Crippen LogP) is 1.66. The molecule has 2 atom stereocenters. The van der Waals surface area contributed by atoms with Crippen LogP contribution in [0.25, 0.3) is 0 Å². The Balaban J connectivity index is 2.67. The van der Waals surface area contributed by atoms with E-state index in [9.17, 15) is 5.11 Å². The molecule has 2 unspecified atom stereocenters. The molecule has 0 bridgehead atoms. The maximum absolute atomic E-state index is 9.25. The van der Waals surface area contributed by atoms with Gasteiger partial charge in [-0.15, -0.1) is 0 Å². The lowest BCUT2D eigenvalue weighted by Crippen LogP contribution is -2.22. The number of anilines is 1.